The number of rotatable bonds is 8. The molecule has 0 aliphatic heterocycles. The summed E-state index contributed by atoms with van der Waals surface area (Å²) in [7, 11) is 0. The maximum atomic E-state index is 12.8. The smallest absolute Gasteiger partial charge is 0.311 e. The molecular weight excluding hydrogens is 472 g/mol. The number of hydrogen-bond acceptors (Lipinski definition) is 6. The van der Waals surface area contributed by atoms with Gasteiger partial charge in [0.25, 0.3) is 0 Å². The largest absolute Gasteiger partial charge is 0.466 e. The lowest BCUT2D eigenvalue weighted by Crippen LogP contribution is -2.07. The quantitative estimate of drug-likeness (QED) is 0.239. The molecule has 0 saturated carbocycles. The molecule has 5 nitrogen and oxygen atoms in total. The number of esters is 1. The average molecular weight is 493 g/mol. The van der Waals surface area contributed by atoms with Gasteiger partial charge in [-0.2, -0.15) is 0 Å². The van der Waals surface area contributed by atoms with Crippen molar-refractivity contribution in [1.29, 1.82) is 0 Å². The van der Waals surface area contributed by atoms with Crippen molar-refractivity contribution in [3.05, 3.63) is 62.8 Å². The molecule has 29 heavy (non-hydrogen) atoms. The van der Waals surface area contributed by atoms with E-state index in [1.807, 2.05) is 49.6 Å². The van der Waals surface area contributed by atoms with Crippen LogP contribution in [-0.4, -0.2) is 33.7 Å². The summed E-state index contributed by atoms with van der Waals surface area (Å²) in [5, 5.41) is 1.84. The number of benzene rings is 1. The topological polar surface area (TPSA) is 61.2 Å². The molecule has 2 heterocycles. The van der Waals surface area contributed by atoms with Crippen LogP contribution in [0, 0.1) is 13.8 Å². The summed E-state index contributed by atoms with van der Waals surface area (Å²) >= 11 is 6.29. The van der Waals surface area contributed by atoms with Gasteiger partial charge in [-0.1, -0.05) is 27.7 Å². The van der Waals surface area contributed by atoms with Gasteiger partial charge in [0.05, 0.1) is 24.5 Å². The minimum absolute atomic E-state index is 0.0635. The molecule has 1 aromatic carbocycles. The molecule has 3 aromatic rings. The van der Waals surface area contributed by atoms with Crippen molar-refractivity contribution in [2.24, 2.45) is 0 Å². The fraction of sp³-hybridized carbons (Fsp3) is 0.286. The Hall–Kier alpha value is -1.90. The molecule has 0 N–H and O–H groups in total. The molecule has 0 atom stereocenters. The van der Waals surface area contributed by atoms with E-state index in [2.05, 4.69) is 25.5 Å². The maximum absolute atomic E-state index is 12.8. The number of thioether (sulfide) groups is 1. The lowest BCUT2D eigenvalue weighted by molar-refractivity contribution is -0.142. The number of halogens is 1. The van der Waals surface area contributed by atoms with Crippen molar-refractivity contribution in [2.45, 2.75) is 31.5 Å². The molecular formula is C21H21BrN2O3S2. The highest BCUT2D eigenvalue weighted by molar-refractivity contribution is 9.10. The minimum atomic E-state index is -0.286. The van der Waals surface area contributed by atoms with Crippen molar-refractivity contribution in [2.75, 3.05) is 12.4 Å². The fourth-order valence-electron chi connectivity index (χ4n) is 3.03. The van der Waals surface area contributed by atoms with E-state index in [1.165, 1.54) is 23.1 Å². The van der Waals surface area contributed by atoms with Gasteiger partial charge >= 0.3 is 5.97 Å². The van der Waals surface area contributed by atoms with E-state index in [-0.39, 0.29) is 18.2 Å². The third kappa shape index (κ3) is 5.38. The monoisotopic (exact) mass is 492 g/mol. The third-order valence-electron chi connectivity index (χ3n) is 4.30. The summed E-state index contributed by atoms with van der Waals surface area (Å²) in [6.45, 7) is 6.10. The van der Waals surface area contributed by atoms with E-state index in [0.717, 1.165) is 31.5 Å². The first-order valence-electron chi connectivity index (χ1n) is 9.10. The van der Waals surface area contributed by atoms with Crippen LogP contribution >= 0.6 is 39.0 Å². The van der Waals surface area contributed by atoms with Gasteiger partial charge in [0.1, 0.15) is 0 Å². The Balaban J connectivity index is 1.67. The van der Waals surface area contributed by atoms with Crippen LogP contribution in [-0.2, 0) is 16.0 Å². The number of carbonyl (C=O) groups is 2. The molecule has 0 amide bonds. The number of carbonyl (C=O) groups excluding carboxylic acids is 2. The molecule has 0 unspecified atom stereocenters. The zero-order valence-electron chi connectivity index (χ0n) is 16.4. The Morgan fingerprint density at radius 2 is 1.97 bits per heavy atom. The van der Waals surface area contributed by atoms with Gasteiger partial charge in [0.2, 0.25) is 0 Å². The molecule has 0 aliphatic rings. The molecule has 3 rings (SSSR count). The lowest BCUT2D eigenvalue weighted by Gasteiger charge is -2.10. The van der Waals surface area contributed by atoms with Crippen LogP contribution in [0.1, 0.15) is 34.4 Å². The number of aryl methyl sites for hydroxylation is 1. The predicted octanol–water partition coefficient (Wildman–Crippen LogP) is 5.39. The highest BCUT2D eigenvalue weighted by Crippen LogP contribution is 2.27. The Morgan fingerprint density at radius 3 is 2.66 bits per heavy atom. The van der Waals surface area contributed by atoms with E-state index in [1.54, 1.807) is 6.92 Å². The van der Waals surface area contributed by atoms with Crippen molar-refractivity contribution in [3.8, 4) is 5.69 Å². The molecule has 2 aromatic heterocycles. The van der Waals surface area contributed by atoms with Crippen LogP contribution < -0.4 is 0 Å². The molecule has 8 heteroatoms. The van der Waals surface area contributed by atoms with Crippen LogP contribution in [0.25, 0.3) is 5.69 Å². The van der Waals surface area contributed by atoms with Crippen molar-refractivity contribution < 1.29 is 14.3 Å². The Morgan fingerprint density at radius 1 is 1.24 bits per heavy atom. The molecule has 0 radical (unpaired) electrons. The van der Waals surface area contributed by atoms with Crippen molar-refractivity contribution in [1.82, 2.24) is 9.55 Å². The maximum Gasteiger partial charge on any atom is 0.311 e. The van der Waals surface area contributed by atoms with Crippen LogP contribution in [0.15, 0.2) is 44.5 Å². The molecule has 0 fully saturated rings. The molecule has 0 spiro atoms. The summed E-state index contributed by atoms with van der Waals surface area (Å²) in [6.07, 6.45) is 0.160. The van der Waals surface area contributed by atoms with Gasteiger partial charge < -0.3 is 9.30 Å². The average Bonchev–Trinajstić information content (AvgIpc) is 3.24. The number of thiazole rings is 1. The van der Waals surface area contributed by atoms with Crippen LogP contribution in [0.3, 0.4) is 0 Å². The Bertz CT molecular complexity index is 1030. The van der Waals surface area contributed by atoms with Crippen LogP contribution in [0.4, 0.5) is 0 Å². The standard InChI is InChI=1S/C21H21BrN2O3S2/c1-4-27-20(26)10-16-11-28-21(23-16)29-12-19(25)18-9-13(2)24(14(18)3)17-7-5-15(22)6-8-17/h5-9,11H,4,10,12H2,1-3H3. The van der Waals surface area contributed by atoms with E-state index < -0.39 is 0 Å². The Labute approximate surface area is 186 Å². The number of ether oxygens (including phenoxy) is 1. The zero-order chi connectivity index (χ0) is 21.0. The van der Waals surface area contributed by atoms with Crippen molar-refractivity contribution in [3.63, 3.8) is 0 Å². The van der Waals surface area contributed by atoms with Crippen molar-refractivity contribution >= 4 is 50.8 Å². The van der Waals surface area contributed by atoms with E-state index in [0.29, 0.717) is 18.1 Å². The van der Waals surface area contributed by atoms with Crippen LogP contribution in [0.2, 0.25) is 0 Å². The molecule has 0 aliphatic carbocycles. The molecule has 152 valence electrons. The summed E-state index contributed by atoms with van der Waals surface area (Å²) in [6, 6.07) is 9.96. The molecule has 0 bridgehead atoms. The number of ketones is 1. The van der Waals surface area contributed by atoms with E-state index >= 15 is 0 Å². The van der Waals surface area contributed by atoms with Gasteiger partial charge in [-0.3, -0.25) is 9.59 Å². The second kappa shape index (κ2) is 9.73. The lowest BCUT2D eigenvalue weighted by atomic mass is 10.2. The summed E-state index contributed by atoms with van der Waals surface area (Å²) in [5.74, 6) is 0.0798. The number of aromatic nitrogens is 2. The van der Waals surface area contributed by atoms with Gasteiger partial charge in [-0.05, 0) is 51.1 Å². The first-order chi connectivity index (χ1) is 13.9. The summed E-state index contributed by atoms with van der Waals surface area (Å²) < 4.78 is 8.82. The highest BCUT2D eigenvalue weighted by Gasteiger charge is 2.18. The fourth-order valence-corrected chi connectivity index (χ4v) is 5.03. The predicted molar refractivity (Wildman–Crippen MR) is 120 cm³/mol. The molecule has 0 saturated heterocycles. The van der Waals surface area contributed by atoms with E-state index in [4.69, 9.17) is 4.74 Å². The second-order valence-electron chi connectivity index (χ2n) is 6.40. The zero-order valence-corrected chi connectivity index (χ0v) is 19.6. The Kier molecular flexibility index (Phi) is 7.32. The van der Waals surface area contributed by atoms with Gasteiger partial charge in [-0.25, -0.2) is 4.98 Å². The van der Waals surface area contributed by atoms with Gasteiger partial charge in [0.15, 0.2) is 10.1 Å². The summed E-state index contributed by atoms with van der Waals surface area (Å²) in [5.41, 5.74) is 4.37. The first-order valence-corrected chi connectivity index (χ1v) is 11.8. The normalized spacial score (nSPS) is 10.9. The summed E-state index contributed by atoms with van der Waals surface area (Å²) in [4.78, 5) is 28.8. The number of Topliss-reactive ketones (excluding diaryl/α,β-unsaturated/α-hetero) is 1. The third-order valence-corrected chi connectivity index (χ3v) is 6.90. The highest BCUT2D eigenvalue weighted by atomic mass is 79.9. The van der Waals surface area contributed by atoms with Gasteiger partial charge in [0, 0.05) is 32.5 Å². The number of hydrogen-bond donors (Lipinski definition) is 0. The number of nitrogens with zero attached hydrogens (tertiary/aromatic N) is 2. The van der Waals surface area contributed by atoms with E-state index in [9.17, 15) is 9.59 Å². The SMILES string of the molecule is CCOC(=O)Cc1csc(SCC(=O)c2cc(C)n(-c3ccc(Br)cc3)c2C)n1. The second-order valence-corrected chi connectivity index (χ2v) is 9.39. The first kappa shape index (κ1) is 21.8. The van der Waals surface area contributed by atoms with Crippen LogP contribution in [0.5, 0.6) is 0 Å². The minimum Gasteiger partial charge on any atom is -0.466 e. The van der Waals surface area contributed by atoms with Gasteiger partial charge in [-0.15, -0.1) is 11.3 Å².